The molecule has 0 saturated carbocycles. The van der Waals surface area contributed by atoms with Gasteiger partial charge in [0.05, 0.1) is 6.04 Å². The van der Waals surface area contributed by atoms with Gasteiger partial charge in [0.25, 0.3) is 0 Å². The summed E-state index contributed by atoms with van der Waals surface area (Å²) in [6, 6.07) is 9.72. The van der Waals surface area contributed by atoms with E-state index in [0.29, 0.717) is 0 Å². The van der Waals surface area contributed by atoms with Crippen molar-refractivity contribution in [1.82, 2.24) is 4.90 Å². The van der Waals surface area contributed by atoms with Gasteiger partial charge in [-0.25, -0.2) is 0 Å². The molecule has 1 aliphatic heterocycles. The Morgan fingerprint density at radius 1 is 1.33 bits per heavy atom. The zero-order chi connectivity index (χ0) is 13.2. The van der Waals surface area contributed by atoms with Gasteiger partial charge in [0, 0.05) is 11.1 Å². The number of carbonyl (C=O) groups is 1. The second-order valence-corrected chi connectivity index (χ2v) is 5.76. The summed E-state index contributed by atoms with van der Waals surface area (Å²) < 4.78 is 0. The van der Waals surface area contributed by atoms with Gasteiger partial charge in [-0.05, 0) is 39.7 Å². The van der Waals surface area contributed by atoms with Crippen LogP contribution in [0.3, 0.4) is 0 Å². The third-order valence-electron chi connectivity index (χ3n) is 4.09. The largest absolute Gasteiger partial charge is 0.292 e. The van der Waals surface area contributed by atoms with Crippen molar-refractivity contribution in [2.45, 2.75) is 51.6 Å². The molecular formula is C16H23NO. The van der Waals surface area contributed by atoms with Gasteiger partial charge in [-0.3, -0.25) is 9.69 Å². The van der Waals surface area contributed by atoms with Gasteiger partial charge in [-0.1, -0.05) is 37.3 Å². The maximum atomic E-state index is 12.6. The van der Waals surface area contributed by atoms with E-state index in [1.807, 2.05) is 30.3 Å². The van der Waals surface area contributed by atoms with Crippen molar-refractivity contribution in [3.63, 3.8) is 0 Å². The topological polar surface area (TPSA) is 20.3 Å². The van der Waals surface area contributed by atoms with Gasteiger partial charge in [0.1, 0.15) is 0 Å². The van der Waals surface area contributed by atoms with Crippen LogP contribution in [0.4, 0.5) is 0 Å². The Labute approximate surface area is 110 Å². The molecule has 1 aliphatic rings. The van der Waals surface area contributed by atoms with E-state index in [4.69, 9.17) is 0 Å². The molecule has 1 aromatic carbocycles. The van der Waals surface area contributed by atoms with E-state index in [2.05, 4.69) is 25.7 Å². The molecule has 1 unspecified atom stereocenters. The van der Waals surface area contributed by atoms with Crippen LogP contribution in [-0.4, -0.2) is 28.8 Å². The van der Waals surface area contributed by atoms with Gasteiger partial charge in [-0.2, -0.15) is 0 Å². The monoisotopic (exact) mass is 245 g/mol. The average molecular weight is 245 g/mol. The maximum absolute atomic E-state index is 12.6. The first kappa shape index (κ1) is 13.3. The fraction of sp³-hybridized carbons (Fsp3) is 0.562. The van der Waals surface area contributed by atoms with Crippen LogP contribution in [0.2, 0.25) is 0 Å². The molecule has 18 heavy (non-hydrogen) atoms. The lowest BCUT2D eigenvalue weighted by Crippen LogP contribution is -2.48. The van der Waals surface area contributed by atoms with Crippen molar-refractivity contribution >= 4 is 5.78 Å². The minimum atomic E-state index is 0.0323. The summed E-state index contributed by atoms with van der Waals surface area (Å²) >= 11 is 0. The van der Waals surface area contributed by atoms with Gasteiger partial charge >= 0.3 is 0 Å². The molecule has 1 aromatic rings. The van der Waals surface area contributed by atoms with Crippen molar-refractivity contribution in [2.24, 2.45) is 0 Å². The van der Waals surface area contributed by atoms with Crippen LogP contribution in [0.25, 0.3) is 0 Å². The maximum Gasteiger partial charge on any atom is 0.179 e. The number of rotatable bonds is 4. The van der Waals surface area contributed by atoms with Gasteiger partial charge in [0.15, 0.2) is 5.78 Å². The SMILES string of the molecule is CCC(C(=O)c1ccccc1)N1CCCC1(C)C. The van der Waals surface area contributed by atoms with E-state index in [1.165, 1.54) is 12.8 Å². The first-order chi connectivity index (χ1) is 8.56. The van der Waals surface area contributed by atoms with Crippen LogP contribution in [0, 0.1) is 0 Å². The molecule has 1 heterocycles. The van der Waals surface area contributed by atoms with Crippen LogP contribution in [-0.2, 0) is 0 Å². The molecule has 0 spiro atoms. The number of nitrogens with zero attached hydrogens (tertiary/aromatic N) is 1. The molecule has 0 aromatic heterocycles. The predicted octanol–water partition coefficient (Wildman–Crippen LogP) is 3.52. The Morgan fingerprint density at radius 3 is 2.50 bits per heavy atom. The molecule has 0 radical (unpaired) electrons. The molecule has 1 atom stereocenters. The van der Waals surface area contributed by atoms with E-state index >= 15 is 0 Å². The highest BCUT2D eigenvalue weighted by molar-refractivity contribution is 6.00. The first-order valence-corrected chi connectivity index (χ1v) is 6.92. The Morgan fingerprint density at radius 2 is 2.00 bits per heavy atom. The van der Waals surface area contributed by atoms with Crippen molar-refractivity contribution in [3.05, 3.63) is 35.9 Å². The highest BCUT2D eigenvalue weighted by Gasteiger charge is 2.38. The third kappa shape index (κ3) is 2.49. The molecule has 98 valence electrons. The zero-order valence-corrected chi connectivity index (χ0v) is 11.6. The third-order valence-corrected chi connectivity index (χ3v) is 4.09. The van der Waals surface area contributed by atoms with E-state index < -0.39 is 0 Å². The number of ketones is 1. The lowest BCUT2D eigenvalue weighted by Gasteiger charge is -2.37. The van der Waals surface area contributed by atoms with Gasteiger partial charge in [-0.15, -0.1) is 0 Å². The fourth-order valence-corrected chi connectivity index (χ4v) is 3.05. The second-order valence-electron chi connectivity index (χ2n) is 5.76. The summed E-state index contributed by atoms with van der Waals surface area (Å²) in [4.78, 5) is 15.0. The summed E-state index contributed by atoms with van der Waals surface area (Å²) in [6.45, 7) is 7.66. The molecule has 0 N–H and O–H groups in total. The van der Waals surface area contributed by atoms with E-state index in [0.717, 1.165) is 18.5 Å². The normalized spacial score (nSPS) is 20.8. The van der Waals surface area contributed by atoms with Crippen molar-refractivity contribution in [2.75, 3.05) is 6.54 Å². The Hall–Kier alpha value is -1.15. The van der Waals surface area contributed by atoms with Crippen molar-refractivity contribution < 1.29 is 4.79 Å². The molecule has 2 nitrogen and oxygen atoms in total. The summed E-state index contributed by atoms with van der Waals surface area (Å²) in [7, 11) is 0. The Bertz CT molecular complexity index is 410. The quantitative estimate of drug-likeness (QED) is 0.756. The van der Waals surface area contributed by atoms with Gasteiger partial charge in [0.2, 0.25) is 0 Å². The fourth-order valence-electron chi connectivity index (χ4n) is 3.05. The standard InChI is InChI=1S/C16H23NO/c1-4-14(17-12-8-11-16(17,2)3)15(18)13-9-6-5-7-10-13/h5-7,9-10,14H,4,8,11-12H2,1-3H3. The Balaban J connectivity index is 2.22. The van der Waals surface area contributed by atoms with E-state index in [1.54, 1.807) is 0 Å². The van der Waals surface area contributed by atoms with Crippen LogP contribution >= 0.6 is 0 Å². The molecule has 2 heteroatoms. The minimum absolute atomic E-state index is 0.0323. The number of hydrogen-bond acceptors (Lipinski definition) is 2. The van der Waals surface area contributed by atoms with Crippen LogP contribution in [0.15, 0.2) is 30.3 Å². The number of hydrogen-bond donors (Lipinski definition) is 0. The van der Waals surface area contributed by atoms with Gasteiger partial charge < -0.3 is 0 Å². The van der Waals surface area contributed by atoms with E-state index in [-0.39, 0.29) is 17.4 Å². The summed E-state index contributed by atoms with van der Waals surface area (Å²) in [6.07, 6.45) is 3.27. The number of carbonyl (C=O) groups excluding carboxylic acids is 1. The summed E-state index contributed by atoms with van der Waals surface area (Å²) in [5.41, 5.74) is 0.998. The minimum Gasteiger partial charge on any atom is -0.292 e. The molecule has 0 aliphatic carbocycles. The first-order valence-electron chi connectivity index (χ1n) is 6.92. The summed E-state index contributed by atoms with van der Waals surface area (Å²) in [5.74, 6) is 0.271. The predicted molar refractivity (Wildman–Crippen MR) is 74.9 cm³/mol. The molecular weight excluding hydrogens is 222 g/mol. The lowest BCUT2D eigenvalue weighted by atomic mass is 9.95. The second kappa shape index (κ2) is 5.23. The van der Waals surface area contributed by atoms with Crippen molar-refractivity contribution in [1.29, 1.82) is 0 Å². The number of benzene rings is 1. The van der Waals surface area contributed by atoms with Crippen LogP contribution in [0.5, 0.6) is 0 Å². The van der Waals surface area contributed by atoms with E-state index in [9.17, 15) is 4.79 Å². The highest BCUT2D eigenvalue weighted by Crippen LogP contribution is 2.32. The zero-order valence-electron chi connectivity index (χ0n) is 11.6. The lowest BCUT2D eigenvalue weighted by molar-refractivity contribution is 0.0677. The number of Topliss-reactive ketones (excluding diaryl/α,β-unsaturated/α-hetero) is 1. The molecule has 0 bridgehead atoms. The summed E-state index contributed by atoms with van der Waals surface area (Å²) in [5, 5.41) is 0. The molecule has 0 amide bonds. The smallest absolute Gasteiger partial charge is 0.179 e. The molecule has 2 rings (SSSR count). The molecule has 1 saturated heterocycles. The average Bonchev–Trinajstić information content (AvgIpc) is 2.71. The van der Waals surface area contributed by atoms with Crippen LogP contribution in [0.1, 0.15) is 50.4 Å². The highest BCUT2D eigenvalue weighted by atomic mass is 16.1. The molecule has 1 fully saturated rings. The van der Waals surface area contributed by atoms with Crippen LogP contribution < -0.4 is 0 Å². The number of likely N-dealkylation sites (tertiary alicyclic amines) is 1. The Kier molecular flexibility index (Phi) is 3.86. The van der Waals surface area contributed by atoms with Crippen molar-refractivity contribution in [3.8, 4) is 0 Å².